The Morgan fingerprint density at radius 2 is 2.08 bits per heavy atom. The Hall–Kier alpha value is -1.49. The van der Waals surface area contributed by atoms with E-state index in [2.05, 4.69) is 4.57 Å². The average Bonchev–Trinajstić information content (AvgIpc) is 3.19. The van der Waals surface area contributed by atoms with Crippen molar-refractivity contribution in [2.75, 3.05) is 13.2 Å². The molecule has 1 aromatic carbocycles. The number of ketones is 1. The Labute approximate surface area is 157 Å². The van der Waals surface area contributed by atoms with Crippen LogP contribution in [-0.2, 0) is 11.3 Å². The van der Waals surface area contributed by atoms with Crippen LogP contribution in [0.3, 0.4) is 0 Å². The number of benzene rings is 1. The van der Waals surface area contributed by atoms with Crippen LogP contribution in [0.5, 0.6) is 5.75 Å². The second kappa shape index (κ2) is 7.81. The minimum atomic E-state index is -0.0576. The van der Waals surface area contributed by atoms with Gasteiger partial charge in [-0.05, 0) is 44.9 Å². The Bertz CT molecular complexity index is 779. The molecule has 6 heteroatoms. The second-order valence-electron chi connectivity index (χ2n) is 6.32. The Balaban J connectivity index is 1.68. The Morgan fingerprint density at radius 1 is 1.28 bits per heavy atom. The lowest BCUT2D eigenvalue weighted by Crippen LogP contribution is -2.18. The number of hydrogen-bond acceptors (Lipinski definition) is 3. The van der Waals surface area contributed by atoms with Gasteiger partial charge in [0.1, 0.15) is 5.75 Å². The maximum Gasteiger partial charge on any atom is 0.202 e. The molecule has 0 radical (unpaired) electrons. The fourth-order valence-electron chi connectivity index (χ4n) is 3.15. The minimum absolute atomic E-state index is 0.0395. The lowest BCUT2D eigenvalue weighted by Gasteiger charge is -2.14. The molecule has 2 aromatic rings. The van der Waals surface area contributed by atoms with E-state index in [1.54, 1.807) is 18.2 Å². The van der Waals surface area contributed by atoms with Gasteiger partial charge in [0, 0.05) is 36.2 Å². The van der Waals surface area contributed by atoms with E-state index in [4.69, 9.17) is 32.7 Å². The van der Waals surface area contributed by atoms with Gasteiger partial charge >= 0.3 is 0 Å². The fraction of sp³-hybridized carbons (Fsp3) is 0.421. The molecule has 0 spiro atoms. The highest BCUT2D eigenvalue weighted by Crippen LogP contribution is 2.26. The maximum absolute atomic E-state index is 12.6. The maximum atomic E-state index is 12.6. The van der Waals surface area contributed by atoms with Crippen molar-refractivity contribution in [3.05, 3.63) is 51.3 Å². The van der Waals surface area contributed by atoms with Crippen LogP contribution in [0.25, 0.3) is 0 Å². The molecule has 1 aliphatic heterocycles. The predicted molar refractivity (Wildman–Crippen MR) is 99.2 cm³/mol. The van der Waals surface area contributed by atoms with E-state index in [-0.39, 0.29) is 18.5 Å². The molecule has 1 aliphatic rings. The summed E-state index contributed by atoms with van der Waals surface area (Å²) < 4.78 is 13.4. The number of halogens is 2. The SMILES string of the molecule is Cc1cc(C(=O)COc2ccc(Cl)c(Cl)c2)c(C)n1C[C@H]1CCCO1. The van der Waals surface area contributed by atoms with Gasteiger partial charge in [0.05, 0.1) is 16.1 Å². The van der Waals surface area contributed by atoms with Gasteiger partial charge in [-0.2, -0.15) is 0 Å². The van der Waals surface area contributed by atoms with E-state index in [1.165, 1.54) is 0 Å². The lowest BCUT2D eigenvalue weighted by molar-refractivity contribution is 0.0914. The van der Waals surface area contributed by atoms with Gasteiger partial charge in [-0.1, -0.05) is 23.2 Å². The van der Waals surface area contributed by atoms with Crippen molar-refractivity contribution in [1.29, 1.82) is 0 Å². The van der Waals surface area contributed by atoms with Crippen LogP contribution in [0.4, 0.5) is 0 Å². The first kappa shape index (κ1) is 18.3. The highest BCUT2D eigenvalue weighted by atomic mass is 35.5. The molecule has 0 bridgehead atoms. The molecule has 1 aromatic heterocycles. The monoisotopic (exact) mass is 381 g/mol. The van der Waals surface area contributed by atoms with Crippen molar-refractivity contribution < 1.29 is 14.3 Å². The van der Waals surface area contributed by atoms with Crippen LogP contribution < -0.4 is 4.74 Å². The van der Waals surface area contributed by atoms with Crippen LogP contribution in [0.15, 0.2) is 24.3 Å². The normalized spacial score (nSPS) is 17.0. The highest BCUT2D eigenvalue weighted by molar-refractivity contribution is 6.42. The largest absolute Gasteiger partial charge is 0.485 e. The zero-order valence-corrected chi connectivity index (χ0v) is 15.9. The van der Waals surface area contributed by atoms with E-state index in [0.717, 1.165) is 37.4 Å². The summed E-state index contributed by atoms with van der Waals surface area (Å²) >= 11 is 11.8. The third-order valence-corrected chi connectivity index (χ3v) is 5.28. The standard InChI is InChI=1S/C19H21Cl2NO3/c1-12-8-16(13(2)22(12)10-15-4-3-7-24-15)19(23)11-25-14-5-6-17(20)18(21)9-14/h5-6,8-9,15H,3-4,7,10-11H2,1-2H3/t15-/m1/s1. The lowest BCUT2D eigenvalue weighted by atomic mass is 10.1. The highest BCUT2D eigenvalue weighted by Gasteiger charge is 2.21. The zero-order valence-electron chi connectivity index (χ0n) is 14.4. The van der Waals surface area contributed by atoms with Crippen molar-refractivity contribution in [3.8, 4) is 5.75 Å². The third kappa shape index (κ3) is 4.20. The number of hydrogen-bond donors (Lipinski definition) is 0. The smallest absolute Gasteiger partial charge is 0.202 e. The summed E-state index contributed by atoms with van der Waals surface area (Å²) in [6, 6.07) is 6.88. The Morgan fingerprint density at radius 3 is 2.76 bits per heavy atom. The van der Waals surface area contributed by atoms with Gasteiger partial charge in [-0.15, -0.1) is 0 Å². The van der Waals surface area contributed by atoms with E-state index in [0.29, 0.717) is 21.4 Å². The number of Topliss-reactive ketones (excluding diaryl/α,β-unsaturated/α-hetero) is 1. The van der Waals surface area contributed by atoms with Crippen molar-refractivity contribution in [1.82, 2.24) is 4.57 Å². The van der Waals surface area contributed by atoms with E-state index >= 15 is 0 Å². The summed E-state index contributed by atoms with van der Waals surface area (Å²) in [4.78, 5) is 12.6. The average molecular weight is 382 g/mol. The number of aromatic nitrogens is 1. The van der Waals surface area contributed by atoms with Crippen LogP contribution >= 0.6 is 23.2 Å². The number of carbonyl (C=O) groups is 1. The first-order chi connectivity index (χ1) is 12.0. The quantitative estimate of drug-likeness (QED) is 0.671. The van der Waals surface area contributed by atoms with Gasteiger partial charge in [0.25, 0.3) is 0 Å². The number of ether oxygens (including phenoxy) is 2. The van der Waals surface area contributed by atoms with Crippen molar-refractivity contribution in [2.24, 2.45) is 0 Å². The molecule has 25 heavy (non-hydrogen) atoms. The van der Waals surface area contributed by atoms with Crippen molar-refractivity contribution in [3.63, 3.8) is 0 Å². The van der Waals surface area contributed by atoms with Crippen LogP contribution in [0.2, 0.25) is 10.0 Å². The summed E-state index contributed by atoms with van der Waals surface area (Å²) in [6.07, 6.45) is 2.41. The summed E-state index contributed by atoms with van der Waals surface area (Å²) in [5, 5.41) is 0.861. The molecule has 1 fully saturated rings. The van der Waals surface area contributed by atoms with Gasteiger partial charge in [-0.25, -0.2) is 0 Å². The molecule has 0 amide bonds. The van der Waals surface area contributed by atoms with Crippen molar-refractivity contribution in [2.45, 2.75) is 39.3 Å². The molecule has 2 heterocycles. The predicted octanol–water partition coefficient (Wildman–Crippen LogP) is 4.85. The van der Waals surface area contributed by atoms with Gasteiger partial charge in [0.15, 0.2) is 6.61 Å². The summed E-state index contributed by atoms with van der Waals surface area (Å²) in [5.41, 5.74) is 2.71. The van der Waals surface area contributed by atoms with Crippen LogP contribution in [0, 0.1) is 13.8 Å². The van der Waals surface area contributed by atoms with Gasteiger partial charge in [0.2, 0.25) is 5.78 Å². The molecule has 0 unspecified atom stereocenters. The topological polar surface area (TPSA) is 40.5 Å². The molecule has 3 rings (SSSR count). The number of rotatable bonds is 6. The van der Waals surface area contributed by atoms with Gasteiger partial charge < -0.3 is 14.0 Å². The number of carbonyl (C=O) groups excluding carboxylic acids is 1. The third-order valence-electron chi connectivity index (χ3n) is 4.55. The second-order valence-corrected chi connectivity index (χ2v) is 7.13. The van der Waals surface area contributed by atoms with Gasteiger partial charge in [-0.3, -0.25) is 4.79 Å². The van der Waals surface area contributed by atoms with Crippen molar-refractivity contribution >= 4 is 29.0 Å². The molecular formula is C19H21Cl2NO3. The van der Waals surface area contributed by atoms with Crippen LogP contribution in [0.1, 0.15) is 34.6 Å². The number of aryl methyl sites for hydroxylation is 1. The zero-order chi connectivity index (χ0) is 18.0. The molecule has 0 aliphatic carbocycles. The first-order valence-corrected chi connectivity index (χ1v) is 9.10. The molecule has 0 saturated carbocycles. The molecule has 1 atom stereocenters. The van der Waals surface area contributed by atoms with E-state index in [1.807, 2.05) is 19.9 Å². The first-order valence-electron chi connectivity index (χ1n) is 8.35. The Kier molecular flexibility index (Phi) is 5.72. The van der Waals surface area contributed by atoms with Crippen LogP contribution in [-0.4, -0.2) is 29.7 Å². The summed E-state index contributed by atoms with van der Waals surface area (Å²) in [6.45, 7) is 5.56. The van der Waals surface area contributed by atoms with E-state index in [9.17, 15) is 4.79 Å². The molecule has 134 valence electrons. The summed E-state index contributed by atoms with van der Waals surface area (Å²) in [7, 11) is 0. The molecule has 0 N–H and O–H groups in total. The molecule has 1 saturated heterocycles. The minimum Gasteiger partial charge on any atom is -0.485 e. The van der Waals surface area contributed by atoms with E-state index < -0.39 is 0 Å². The fourth-order valence-corrected chi connectivity index (χ4v) is 3.44. The molecule has 4 nitrogen and oxygen atoms in total. The number of nitrogens with zero attached hydrogens (tertiary/aromatic N) is 1. The molecular weight excluding hydrogens is 361 g/mol. The summed E-state index contributed by atoms with van der Waals surface area (Å²) in [5.74, 6) is 0.466.